The lowest BCUT2D eigenvalue weighted by Gasteiger charge is -2.27. The lowest BCUT2D eigenvalue weighted by atomic mass is 10.4. The first-order valence-electron chi connectivity index (χ1n) is 8.43. The Balaban J connectivity index is 3.13. The molecule has 1 rings (SSSR count). The van der Waals surface area contributed by atoms with Gasteiger partial charge in [-0.15, -0.1) is 0 Å². The molecular formula is C18H31O4PSi2. The van der Waals surface area contributed by atoms with Crippen molar-refractivity contribution in [3.63, 3.8) is 0 Å². The SMILES string of the molecule is C=CCO/C(=C/CP(=O)(O[Si](C)(C)C)c1ccccc1)O[Si](C)(C)C. The van der Waals surface area contributed by atoms with Crippen LogP contribution >= 0.6 is 7.37 Å². The predicted molar refractivity (Wildman–Crippen MR) is 112 cm³/mol. The van der Waals surface area contributed by atoms with Crippen molar-refractivity contribution < 1.29 is 17.9 Å². The summed E-state index contributed by atoms with van der Waals surface area (Å²) in [6, 6.07) is 9.39. The molecule has 140 valence electrons. The van der Waals surface area contributed by atoms with Crippen molar-refractivity contribution in [1.29, 1.82) is 0 Å². The van der Waals surface area contributed by atoms with E-state index >= 15 is 0 Å². The first kappa shape index (κ1) is 22.0. The summed E-state index contributed by atoms with van der Waals surface area (Å²) in [6.45, 7) is 16.4. The monoisotopic (exact) mass is 398 g/mol. The molecule has 1 atom stereocenters. The fraction of sp³-hybridized carbons (Fsp3) is 0.444. The van der Waals surface area contributed by atoms with Crippen LogP contribution in [0.25, 0.3) is 0 Å². The average Bonchev–Trinajstić information content (AvgIpc) is 2.48. The molecule has 0 fully saturated rings. The first-order chi connectivity index (χ1) is 11.5. The highest BCUT2D eigenvalue weighted by Crippen LogP contribution is 2.48. The van der Waals surface area contributed by atoms with Gasteiger partial charge in [-0.1, -0.05) is 30.9 Å². The number of rotatable bonds is 10. The predicted octanol–water partition coefficient (Wildman–Crippen LogP) is 5.34. The van der Waals surface area contributed by atoms with Gasteiger partial charge < -0.3 is 13.4 Å². The third-order valence-corrected chi connectivity index (χ3v) is 8.75. The molecule has 1 aromatic rings. The maximum atomic E-state index is 13.6. The third-order valence-electron chi connectivity index (χ3n) is 2.82. The van der Waals surface area contributed by atoms with Gasteiger partial charge in [0, 0.05) is 11.4 Å². The molecule has 0 amide bonds. The number of allylic oxidation sites excluding steroid dienone is 1. The van der Waals surface area contributed by atoms with Gasteiger partial charge in [0.15, 0.2) is 8.32 Å². The molecule has 0 aromatic heterocycles. The Morgan fingerprint density at radius 1 is 1.08 bits per heavy atom. The van der Waals surface area contributed by atoms with Crippen LogP contribution in [0.3, 0.4) is 0 Å². The summed E-state index contributed by atoms with van der Waals surface area (Å²) in [4.78, 5) is 0. The van der Waals surface area contributed by atoms with Crippen LogP contribution in [0, 0.1) is 0 Å². The Hall–Kier alpha value is -1.08. The Morgan fingerprint density at radius 2 is 1.68 bits per heavy atom. The molecule has 0 radical (unpaired) electrons. The molecule has 0 N–H and O–H groups in total. The second kappa shape index (κ2) is 9.03. The van der Waals surface area contributed by atoms with E-state index in [0.717, 1.165) is 5.30 Å². The molecule has 0 spiro atoms. The van der Waals surface area contributed by atoms with Crippen LogP contribution in [0.5, 0.6) is 0 Å². The van der Waals surface area contributed by atoms with E-state index in [1.807, 2.05) is 50.0 Å². The van der Waals surface area contributed by atoms with Crippen LogP contribution in [0.4, 0.5) is 0 Å². The van der Waals surface area contributed by atoms with Crippen molar-refractivity contribution in [2.75, 3.05) is 12.8 Å². The van der Waals surface area contributed by atoms with Crippen LogP contribution in [0.15, 0.2) is 55.0 Å². The van der Waals surface area contributed by atoms with E-state index in [4.69, 9.17) is 13.4 Å². The van der Waals surface area contributed by atoms with Gasteiger partial charge in [0.05, 0.1) is 6.16 Å². The quantitative estimate of drug-likeness (QED) is 0.231. The van der Waals surface area contributed by atoms with Gasteiger partial charge in [0.2, 0.25) is 15.7 Å². The van der Waals surface area contributed by atoms with E-state index < -0.39 is 24.0 Å². The van der Waals surface area contributed by atoms with Crippen LogP contribution in [-0.4, -0.2) is 29.4 Å². The smallest absolute Gasteiger partial charge is 0.261 e. The third kappa shape index (κ3) is 8.72. The van der Waals surface area contributed by atoms with Crippen molar-refractivity contribution in [1.82, 2.24) is 0 Å². The molecule has 0 bridgehead atoms. The lowest BCUT2D eigenvalue weighted by Crippen LogP contribution is -2.28. The van der Waals surface area contributed by atoms with Crippen LogP contribution < -0.4 is 5.30 Å². The summed E-state index contributed by atoms with van der Waals surface area (Å²) < 4.78 is 31.3. The van der Waals surface area contributed by atoms with Crippen molar-refractivity contribution in [3.8, 4) is 0 Å². The van der Waals surface area contributed by atoms with Crippen molar-refractivity contribution in [2.45, 2.75) is 39.3 Å². The number of benzene rings is 1. The van der Waals surface area contributed by atoms with E-state index in [1.54, 1.807) is 12.2 Å². The van der Waals surface area contributed by atoms with Gasteiger partial charge in [0.25, 0.3) is 5.95 Å². The second-order valence-electron chi connectivity index (χ2n) is 7.73. The Labute approximate surface area is 154 Å². The highest BCUT2D eigenvalue weighted by molar-refractivity contribution is 7.68. The van der Waals surface area contributed by atoms with Gasteiger partial charge in [-0.3, -0.25) is 4.57 Å². The maximum Gasteiger partial charge on any atom is 0.261 e. The number of ether oxygens (including phenoxy) is 1. The highest BCUT2D eigenvalue weighted by atomic mass is 31.2. The minimum absolute atomic E-state index is 0.248. The Bertz CT molecular complexity index is 631. The molecule has 25 heavy (non-hydrogen) atoms. The minimum Gasteiger partial charge on any atom is -0.520 e. The van der Waals surface area contributed by atoms with Crippen molar-refractivity contribution in [3.05, 3.63) is 55.0 Å². The highest BCUT2D eigenvalue weighted by Gasteiger charge is 2.32. The molecule has 1 aromatic carbocycles. The van der Waals surface area contributed by atoms with Gasteiger partial charge >= 0.3 is 0 Å². The molecule has 0 heterocycles. The molecule has 0 saturated carbocycles. The zero-order valence-electron chi connectivity index (χ0n) is 16.2. The molecule has 0 aliphatic rings. The molecule has 1 unspecified atom stereocenters. The summed E-state index contributed by atoms with van der Waals surface area (Å²) in [5, 5.41) is 0.727. The molecular weight excluding hydrogens is 367 g/mol. The van der Waals surface area contributed by atoms with E-state index in [9.17, 15) is 4.57 Å². The van der Waals surface area contributed by atoms with E-state index in [2.05, 4.69) is 26.2 Å². The van der Waals surface area contributed by atoms with Crippen LogP contribution in [-0.2, 0) is 17.9 Å². The molecule has 0 saturated heterocycles. The Kier molecular flexibility index (Phi) is 7.94. The van der Waals surface area contributed by atoms with Gasteiger partial charge in [-0.2, -0.15) is 0 Å². The van der Waals surface area contributed by atoms with E-state index in [0.29, 0.717) is 12.6 Å². The number of hydrogen-bond acceptors (Lipinski definition) is 4. The zero-order chi connectivity index (χ0) is 19.1. The first-order valence-corrected chi connectivity index (χ1v) is 17.1. The molecule has 4 nitrogen and oxygen atoms in total. The number of hydrogen-bond donors (Lipinski definition) is 0. The topological polar surface area (TPSA) is 44.8 Å². The summed E-state index contributed by atoms with van der Waals surface area (Å²) >= 11 is 0. The van der Waals surface area contributed by atoms with E-state index in [-0.39, 0.29) is 6.16 Å². The summed E-state index contributed by atoms with van der Waals surface area (Å²) in [6.07, 6.45) is 3.67. The standard InChI is InChI=1S/C18H31O4PSi2/c1-8-15-20-18(21-24(2,3)4)14-16-23(19,22-25(5,6)7)17-12-10-9-11-13-17/h8-14H,1,15-16H2,2-7H3/b18-14-. The van der Waals surface area contributed by atoms with Crippen molar-refractivity contribution >= 4 is 29.3 Å². The summed E-state index contributed by atoms with van der Waals surface area (Å²) in [5.74, 6) is 0.411. The maximum absolute atomic E-state index is 13.6. The van der Waals surface area contributed by atoms with Crippen LogP contribution in [0.1, 0.15) is 0 Å². The van der Waals surface area contributed by atoms with Gasteiger partial charge in [-0.25, -0.2) is 0 Å². The molecule has 0 aliphatic heterocycles. The van der Waals surface area contributed by atoms with Gasteiger partial charge in [-0.05, 0) is 51.4 Å². The molecule has 7 heteroatoms. The Morgan fingerprint density at radius 3 is 2.16 bits per heavy atom. The zero-order valence-corrected chi connectivity index (χ0v) is 19.1. The average molecular weight is 399 g/mol. The van der Waals surface area contributed by atoms with Gasteiger partial charge in [0.1, 0.15) is 6.61 Å². The summed E-state index contributed by atoms with van der Waals surface area (Å²) in [5.41, 5.74) is 0. The second-order valence-corrected chi connectivity index (χ2v) is 19.3. The lowest BCUT2D eigenvalue weighted by molar-refractivity contribution is 0.122. The fourth-order valence-corrected chi connectivity index (χ4v) is 8.29. The fourth-order valence-electron chi connectivity index (χ4n) is 2.06. The van der Waals surface area contributed by atoms with Crippen LogP contribution in [0.2, 0.25) is 39.3 Å². The normalized spacial score (nSPS) is 15.4. The van der Waals surface area contributed by atoms with E-state index in [1.165, 1.54) is 0 Å². The summed E-state index contributed by atoms with van der Waals surface area (Å²) in [7, 11) is -6.87. The van der Waals surface area contributed by atoms with Crippen molar-refractivity contribution in [2.24, 2.45) is 0 Å². The minimum atomic E-state index is -3.03. The largest absolute Gasteiger partial charge is 0.520 e. The molecule has 0 aliphatic carbocycles.